The number of ether oxygens (including phenoxy) is 1. The zero-order valence-electron chi connectivity index (χ0n) is 17.2. The number of benzene rings is 3. The summed E-state index contributed by atoms with van der Waals surface area (Å²) in [5.41, 5.74) is 5.18. The van der Waals surface area contributed by atoms with Crippen molar-refractivity contribution in [2.45, 2.75) is 13.5 Å². The first kappa shape index (κ1) is 22.2. The summed E-state index contributed by atoms with van der Waals surface area (Å²) in [4.78, 5) is 34.2. The van der Waals surface area contributed by atoms with E-state index in [1.165, 1.54) is 25.3 Å². The first-order valence-electron chi connectivity index (χ1n) is 9.67. The molecule has 3 aromatic carbocycles. The van der Waals surface area contributed by atoms with Gasteiger partial charge >= 0.3 is 5.97 Å². The normalized spacial score (nSPS) is 10.5. The van der Waals surface area contributed by atoms with E-state index in [2.05, 4.69) is 15.8 Å². The van der Waals surface area contributed by atoms with Crippen molar-refractivity contribution in [2.24, 2.45) is 5.10 Å². The topological polar surface area (TPSA) is 117 Å². The van der Waals surface area contributed by atoms with Crippen LogP contribution in [0.25, 0.3) is 0 Å². The first-order chi connectivity index (χ1) is 15.4. The van der Waals surface area contributed by atoms with Gasteiger partial charge in [0, 0.05) is 18.2 Å². The van der Waals surface area contributed by atoms with Crippen LogP contribution in [0.1, 0.15) is 38.8 Å². The van der Waals surface area contributed by atoms with Gasteiger partial charge in [0.05, 0.1) is 11.8 Å². The fourth-order valence-corrected chi connectivity index (χ4v) is 2.73. The maximum atomic E-state index is 12.2. The number of rotatable bonds is 8. The molecule has 0 saturated carbocycles. The number of carboxylic acid groups (broad SMARTS) is 1. The average Bonchev–Trinajstić information content (AvgIpc) is 2.78. The van der Waals surface area contributed by atoms with Crippen LogP contribution in [-0.2, 0) is 11.4 Å². The van der Waals surface area contributed by atoms with Crippen molar-refractivity contribution in [2.75, 3.05) is 5.32 Å². The summed E-state index contributed by atoms with van der Waals surface area (Å²) in [6.45, 7) is 1.70. The largest absolute Gasteiger partial charge is 0.489 e. The molecule has 0 saturated heterocycles. The van der Waals surface area contributed by atoms with Gasteiger partial charge in [-0.15, -0.1) is 0 Å². The second-order valence-corrected chi connectivity index (χ2v) is 6.82. The summed E-state index contributed by atoms with van der Waals surface area (Å²) in [5.74, 6) is -0.945. The van der Waals surface area contributed by atoms with Crippen LogP contribution in [0.4, 0.5) is 5.69 Å². The second-order valence-electron chi connectivity index (χ2n) is 6.82. The Morgan fingerprint density at radius 2 is 1.69 bits per heavy atom. The number of carboxylic acids is 1. The van der Waals surface area contributed by atoms with Gasteiger partial charge in [0.2, 0.25) is 5.91 Å². The van der Waals surface area contributed by atoms with Gasteiger partial charge in [0.1, 0.15) is 12.4 Å². The number of aromatic carboxylic acids is 1. The molecule has 8 nitrogen and oxygen atoms in total. The van der Waals surface area contributed by atoms with Gasteiger partial charge in [-0.1, -0.05) is 18.2 Å². The Morgan fingerprint density at radius 1 is 0.969 bits per heavy atom. The highest BCUT2D eigenvalue weighted by Gasteiger charge is 2.06. The molecule has 0 aromatic heterocycles. The molecule has 0 unspecified atom stereocenters. The van der Waals surface area contributed by atoms with Crippen LogP contribution in [0.2, 0.25) is 0 Å². The first-order valence-corrected chi connectivity index (χ1v) is 9.67. The van der Waals surface area contributed by atoms with Crippen molar-refractivity contribution in [3.8, 4) is 5.75 Å². The number of nitrogens with zero attached hydrogens (tertiary/aromatic N) is 1. The molecule has 0 aliphatic heterocycles. The minimum absolute atomic E-state index is 0.218. The number of amides is 2. The molecule has 0 bridgehead atoms. The Balaban J connectivity index is 1.51. The molecule has 0 aliphatic rings. The SMILES string of the molecule is CC(=O)Nc1cccc(C(=O)NN=Cc2ccc(OCc3ccc(C(=O)O)cc3)cc2)c1. The molecule has 0 spiro atoms. The van der Waals surface area contributed by atoms with E-state index in [1.807, 2.05) is 0 Å². The Labute approximate surface area is 184 Å². The van der Waals surface area contributed by atoms with Crippen LogP contribution in [0, 0.1) is 0 Å². The highest BCUT2D eigenvalue weighted by atomic mass is 16.5. The Morgan fingerprint density at radius 3 is 2.34 bits per heavy atom. The Bertz CT molecular complexity index is 1140. The molecule has 8 heteroatoms. The third-order valence-corrected chi connectivity index (χ3v) is 4.31. The van der Waals surface area contributed by atoms with Gasteiger partial charge in [-0.05, 0) is 65.7 Å². The summed E-state index contributed by atoms with van der Waals surface area (Å²) in [7, 11) is 0. The number of hydrogen-bond donors (Lipinski definition) is 3. The monoisotopic (exact) mass is 431 g/mol. The standard InChI is InChI=1S/C24H21N3O5/c1-16(28)26-21-4-2-3-20(13-21)23(29)27-25-14-17-7-11-22(12-8-17)32-15-18-5-9-19(10-6-18)24(30)31/h2-14H,15H2,1H3,(H,26,28)(H,27,29)(H,30,31). The summed E-state index contributed by atoms with van der Waals surface area (Å²) in [6.07, 6.45) is 1.50. The van der Waals surface area contributed by atoms with E-state index >= 15 is 0 Å². The molecule has 162 valence electrons. The quantitative estimate of drug-likeness (QED) is 0.371. The molecule has 2 amide bonds. The summed E-state index contributed by atoms with van der Waals surface area (Å²) < 4.78 is 5.69. The number of hydrazone groups is 1. The van der Waals surface area contributed by atoms with Crippen LogP contribution in [0.15, 0.2) is 77.9 Å². The number of carbonyl (C=O) groups excluding carboxylic acids is 2. The maximum absolute atomic E-state index is 12.2. The van der Waals surface area contributed by atoms with E-state index in [0.29, 0.717) is 23.6 Å². The summed E-state index contributed by atoms with van der Waals surface area (Å²) in [5, 5.41) is 15.5. The van der Waals surface area contributed by atoms with E-state index in [1.54, 1.807) is 60.7 Å². The molecule has 0 heterocycles. The summed E-state index contributed by atoms with van der Waals surface area (Å²) >= 11 is 0. The second kappa shape index (κ2) is 10.5. The lowest BCUT2D eigenvalue weighted by Crippen LogP contribution is -2.18. The lowest BCUT2D eigenvalue weighted by atomic mass is 10.1. The van der Waals surface area contributed by atoms with Gasteiger partial charge in [-0.3, -0.25) is 9.59 Å². The molecule has 0 fully saturated rings. The Hall–Kier alpha value is -4.46. The zero-order valence-corrected chi connectivity index (χ0v) is 17.2. The smallest absolute Gasteiger partial charge is 0.335 e. The van der Waals surface area contributed by atoms with Crippen molar-refractivity contribution < 1.29 is 24.2 Å². The molecule has 0 radical (unpaired) electrons. The zero-order chi connectivity index (χ0) is 22.9. The van der Waals surface area contributed by atoms with Crippen molar-refractivity contribution >= 4 is 29.7 Å². The Kier molecular flexibility index (Phi) is 7.32. The fraction of sp³-hybridized carbons (Fsp3) is 0.0833. The predicted octanol–water partition coefficient (Wildman–Crippen LogP) is 3.69. The van der Waals surface area contributed by atoms with Gasteiger partial charge in [0.15, 0.2) is 0 Å². The van der Waals surface area contributed by atoms with Gasteiger partial charge in [-0.2, -0.15) is 5.10 Å². The minimum Gasteiger partial charge on any atom is -0.489 e. The number of anilines is 1. The maximum Gasteiger partial charge on any atom is 0.335 e. The highest BCUT2D eigenvalue weighted by molar-refractivity contribution is 5.97. The number of carbonyl (C=O) groups is 3. The van der Waals surface area contributed by atoms with Crippen LogP contribution in [0.5, 0.6) is 5.75 Å². The van der Waals surface area contributed by atoms with E-state index in [0.717, 1.165) is 11.1 Å². The van der Waals surface area contributed by atoms with Gasteiger partial charge in [0.25, 0.3) is 5.91 Å². The summed E-state index contributed by atoms with van der Waals surface area (Å²) in [6, 6.07) is 20.1. The van der Waals surface area contributed by atoms with E-state index in [-0.39, 0.29) is 11.5 Å². The molecule has 32 heavy (non-hydrogen) atoms. The molecular weight excluding hydrogens is 410 g/mol. The number of hydrogen-bond acceptors (Lipinski definition) is 5. The molecular formula is C24H21N3O5. The van der Waals surface area contributed by atoms with Crippen LogP contribution in [0.3, 0.4) is 0 Å². The average molecular weight is 431 g/mol. The molecule has 0 aliphatic carbocycles. The number of nitrogens with one attached hydrogen (secondary N) is 2. The lowest BCUT2D eigenvalue weighted by Gasteiger charge is -2.07. The van der Waals surface area contributed by atoms with Crippen molar-refractivity contribution in [1.82, 2.24) is 5.43 Å². The lowest BCUT2D eigenvalue weighted by molar-refractivity contribution is -0.114. The molecule has 0 atom stereocenters. The molecule has 3 aromatic rings. The highest BCUT2D eigenvalue weighted by Crippen LogP contribution is 2.14. The van der Waals surface area contributed by atoms with Crippen molar-refractivity contribution in [1.29, 1.82) is 0 Å². The third kappa shape index (κ3) is 6.53. The van der Waals surface area contributed by atoms with Crippen LogP contribution < -0.4 is 15.5 Å². The fourth-order valence-electron chi connectivity index (χ4n) is 2.73. The van der Waals surface area contributed by atoms with E-state index in [9.17, 15) is 14.4 Å². The van der Waals surface area contributed by atoms with Gasteiger partial charge < -0.3 is 15.2 Å². The van der Waals surface area contributed by atoms with Crippen molar-refractivity contribution in [3.63, 3.8) is 0 Å². The van der Waals surface area contributed by atoms with Crippen molar-refractivity contribution in [3.05, 3.63) is 95.1 Å². The molecule has 3 rings (SSSR count). The minimum atomic E-state index is -0.968. The van der Waals surface area contributed by atoms with Crippen LogP contribution in [-0.4, -0.2) is 29.1 Å². The third-order valence-electron chi connectivity index (χ3n) is 4.31. The van der Waals surface area contributed by atoms with Gasteiger partial charge in [-0.25, -0.2) is 10.2 Å². The van der Waals surface area contributed by atoms with Crippen LogP contribution >= 0.6 is 0 Å². The molecule has 3 N–H and O–H groups in total. The van der Waals surface area contributed by atoms with E-state index < -0.39 is 11.9 Å². The van der Waals surface area contributed by atoms with E-state index in [4.69, 9.17) is 9.84 Å². The predicted molar refractivity (Wildman–Crippen MR) is 120 cm³/mol.